The van der Waals surface area contributed by atoms with E-state index in [4.69, 9.17) is 9.97 Å². The monoisotopic (exact) mass is 516 g/mol. The summed E-state index contributed by atoms with van der Waals surface area (Å²) >= 11 is 3.60. The van der Waals surface area contributed by atoms with Gasteiger partial charge in [0, 0.05) is 54.1 Å². The van der Waals surface area contributed by atoms with Crippen LogP contribution in [0.15, 0.2) is 59.3 Å². The van der Waals surface area contributed by atoms with Gasteiger partial charge in [0.05, 0.1) is 22.1 Å². The third kappa shape index (κ3) is 2.94. The third-order valence-corrected chi connectivity index (χ3v) is 9.49. The smallest absolute Gasteiger partial charge is 0.109 e. The Labute approximate surface area is 221 Å². The summed E-state index contributed by atoms with van der Waals surface area (Å²) in [5, 5.41) is 11.9. The predicted molar refractivity (Wildman–Crippen MR) is 160 cm³/mol. The van der Waals surface area contributed by atoms with Gasteiger partial charge in [-0.05, 0) is 46.2 Å². The Morgan fingerprint density at radius 1 is 0.676 bits per heavy atom. The van der Waals surface area contributed by atoms with E-state index in [1.807, 2.05) is 0 Å². The molecule has 0 fully saturated rings. The maximum absolute atomic E-state index is 4.98. The average Bonchev–Trinajstić information content (AvgIpc) is 3.72. The molecular weight excluding hydrogens is 493 g/mol. The van der Waals surface area contributed by atoms with Crippen LogP contribution < -0.4 is 0 Å². The highest BCUT2D eigenvalue weighted by Crippen LogP contribution is 2.41. The maximum Gasteiger partial charge on any atom is 0.109 e. The van der Waals surface area contributed by atoms with Crippen molar-refractivity contribution in [2.24, 2.45) is 0 Å². The van der Waals surface area contributed by atoms with E-state index in [1.165, 1.54) is 52.8 Å². The fourth-order valence-corrected chi connectivity index (χ4v) is 7.56. The second kappa shape index (κ2) is 7.63. The number of nitrogens with one attached hydrogen (secondary N) is 2. The van der Waals surface area contributed by atoms with Crippen molar-refractivity contribution in [2.45, 2.75) is 33.1 Å². The van der Waals surface area contributed by atoms with E-state index in [0.717, 1.165) is 40.1 Å². The largest absolute Gasteiger partial charge is 0.341 e. The van der Waals surface area contributed by atoms with Crippen LogP contribution in [-0.4, -0.2) is 19.9 Å². The number of nitrogens with zero attached hydrogens (tertiary/aromatic N) is 2. The summed E-state index contributed by atoms with van der Waals surface area (Å²) in [6, 6.07) is 18.2. The summed E-state index contributed by atoms with van der Waals surface area (Å²) in [4.78, 5) is 17.1. The number of benzene rings is 4. The quantitative estimate of drug-likeness (QED) is 0.246. The summed E-state index contributed by atoms with van der Waals surface area (Å²) in [7, 11) is 0. The van der Waals surface area contributed by atoms with Crippen molar-refractivity contribution in [3.05, 3.63) is 70.9 Å². The maximum atomic E-state index is 4.98. The second-order valence-corrected chi connectivity index (χ2v) is 11.9. The van der Waals surface area contributed by atoms with Crippen molar-refractivity contribution in [3.63, 3.8) is 0 Å². The van der Waals surface area contributed by atoms with Gasteiger partial charge < -0.3 is 9.97 Å². The molecule has 6 heteroatoms. The predicted octanol–water partition coefficient (Wildman–Crippen LogP) is 9.53. The van der Waals surface area contributed by atoms with E-state index in [2.05, 4.69) is 90.0 Å². The Bertz CT molecular complexity index is 2170. The summed E-state index contributed by atoms with van der Waals surface area (Å²) < 4.78 is 2.61. The number of aromatic amines is 2. The van der Waals surface area contributed by atoms with E-state index in [1.54, 1.807) is 22.7 Å². The van der Waals surface area contributed by atoms with Crippen molar-refractivity contribution in [1.29, 1.82) is 0 Å². The van der Waals surface area contributed by atoms with Crippen LogP contribution in [0.3, 0.4) is 0 Å². The zero-order chi connectivity index (χ0) is 24.8. The molecule has 4 aromatic carbocycles. The van der Waals surface area contributed by atoms with E-state index in [-0.39, 0.29) is 0 Å². The first kappa shape index (κ1) is 21.4. The van der Waals surface area contributed by atoms with Crippen molar-refractivity contribution < 1.29 is 0 Å². The van der Waals surface area contributed by atoms with Crippen molar-refractivity contribution >= 4 is 86.5 Å². The Morgan fingerprint density at radius 3 is 1.81 bits per heavy atom. The van der Waals surface area contributed by atoms with Crippen LogP contribution in [0.2, 0.25) is 0 Å². The zero-order valence-electron chi connectivity index (χ0n) is 20.8. The molecular formula is C31H24N4S2. The van der Waals surface area contributed by atoms with Gasteiger partial charge in [-0.1, -0.05) is 45.0 Å². The zero-order valence-corrected chi connectivity index (χ0v) is 22.4. The molecule has 0 atom stereocenters. The van der Waals surface area contributed by atoms with Crippen molar-refractivity contribution in [3.8, 4) is 11.1 Å². The number of fused-ring (bicyclic) bond motifs is 12. The van der Waals surface area contributed by atoms with Crippen LogP contribution in [0.4, 0.5) is 0 Å². The molecule has 0 spiro atoms. The van der Waals surface area contributed by atoms with E-state index in [9.17, 15) is 0 Å². The number of hydrogen-bond acceptors (Lipinski definition) is 4. The highest BCUT2D eigenvalue weighted by molar-refractivity contribution is 7.18. The Balaban J connectivity index is 1.40. The lowest BCUT2D eigenvalue weighted by Crippen LogP contribution is -1.88. The molecule has 0 aliphatic carbocycles. The number of hydrogen-bond donors (Lipinski definition) is 2. The first-order chi connectivity index (χ1) is 18.1. The van der Waals surface area contributed by atoms with Crippen LogP contribution in [0.25, 0.3) is 74.9 Å². The van der Waals surface area contributed by atoms with E-state index in [0.29, 0.717) is 5.92 Å². The molecule has 4 heterocycles. The number of aryl methyl sites for hydroxylation is 1. The minimum Gasteiger partial charge on any atom is -0.341 e. The highest BCUT2D eigenvalue weighted by Gasteiger charge is 2.17. The molecule has 0 radical (unpaired) electrons. The Morgan fingerprint density at radius 2 is 1.24 bits per heavy atom. The molecule has 2 N–H and O–H groups in total. The van der Waals surface area contributed by atoms with Crippen LogP contribution in [0.5, 0.6) is 0 Å². The standard InChI is InChI=1S/C31H24N4S2/c1-4-24-32-25-18-7-5-16(13-22(18)29-20(9-11-36-29)27(25)33-24)17-6-8-19-23(14-17)30-21(10-12-37-30)28-26(19)34-31(35-28)15(2)3/h5-15H,4H2,1-3H3,(H,32,33)(H,34,35). The molecule has 8 aromatic rings. The number of H-pyrrole nitrogens is 2. The number of rotatable bonds is 3. The molecule has 180 valence electrons. The molecule has 0 aliphatic rings. The minimum atomic E-state index is 0.358. The van der Waals surface area contributed by atoms with Crippen LogP contribution in [0.1, 0.15) is 38.3 Å². The molecule has 0 bridgehead atoms. The normalized spacial score (nSPS) is 12.5. The van der Waals surface area contributed by atoms with Gasteiger partial charge >= 0.3 is 0 Å². The number of imidazole rings is 2. The molecule has 0 aliphatic heterocycles. The first-order valence-electron chi connectivity index (χ1n) is 12.7. The number of aromatic nitrogens is 4. The summed E-state index contributed by atoms with van der Waals surface area (Å²) in [6.45, 7) is 6.52. The Hall–Kier alpha value is -3.74. The molecule has 4 aromatic heterocycles. The third-order valence-electron chi connectivity index (χ3n) is 7.60. The molecule has 0 saturated heterocycles. The summed E-state index contributed by atoms with van der Waals surface area (Å²) in [5.74, 6) is 2.45. The fourth-order valence-electron chi connectivity index (χ4n) is 5.70. The van der Waals surface area contributed by atoms with E-state index >= 15 is 0 Å². The van der Waals surface area contributed by atoms with Gasteiger partial charge in [0.15, 0.2) is 0 Å². The molecule has 8 rings (SSSR count). The summed E-state index contributed by atoms with van der Waals surface area (Å²) in [6.07, 6.45) is 0.899. The van der Waals surface area contributed by atoms with Crippen LogP contribution in [-0.2, 0) is 6.42 Å². The fraction of sp³-hybridized carbons (Fsp3) is 0.161. The van der Waals surface area contributed by atoms with Gasteiger partial charge in [-0.2, -0.15) is 0 Å². The van der Waals surface area contributed by atoms with Crippen LogP contribution in [0, 0.1) is 0 Å². The SMILES string of the molecule is CCc1nc2c3ccsc3c3cc(-c4ccc5c(c4)c4sccc4c4nc(C(C)C)[nH]c54)ccc3c2[nH]1. The van der Waals surface area contributed by atoms with Crippen molar-refractivity contribution in [1.82, 2.24) is 19.9 Å². The topological polar surface area (TPSA) is 57.4 Å². The number of thiophene rings is 2. The Kier molecular flexibility index (Phi) is 4.41. The second-order valence-electron chi connectivity index (χ2n) is 10.1. The minimum absolute atomic E-state index is 0.358. The first-order valence-corrected chi connectivity index (χ1v) is 14.5. The van der Waals surface area contributed by atoms with Crippen molar-refractivity contribution in [2.75, 3.05) is 0 Å². The molecule has 37 heavy (non-hydrogen) atoms. The van der Waals surface area contributed by atoms with Crippen LogP contribution >= 0.6 is 22.7 Å². The van der Waals surface area contributed by atoms with E-state index < -0.39 is 0 Å². The van der Waals surface area contributed by atoms with Gasteiger partial charge in [-0.15, -0.1) is 22.7 Å². The van der Waals surface area contributed by atoms with Gasteiger partial charge in [0.2, 0.25) is 0 Å². The van der Waals surface area contributed by atoms with Gasteiger partial charge in [-0.3, -0.25) is 0 Å². The lowest BCUT2D eigenvalue weighted by molar-refractivity contribution is 0.799. The highest BCUT2D eigenvalue weighted by atomic mass is 32.1. The van der Waals surface area contributed by atoms with Gasteiger partial charge in [0.1, 0.15) is 11.6 Å². The van der Waals surface area contributed by atoms with Gasteiger partial charge in [0.25, 0.3) is 0 Å². The lowest BCUT2D eigenvalue weighted by atomic mass is 9.96. The average molecular weight is 517 g/mol. The molecule has 0 amide bonds. The lowest BCUT2D eigenvalue weighted by Gasteiger charge is -2.09. The molecule has 0 unspecified atom stereocenters. The molecule has 4 nitrogen and oxygen atoms in total. The van der Waals surface area contributed by atoms with Gasteiger partial charge in [-0.25, -0.2) is 9.97 Å². The molecule has 0 saturated carbocycles. The summed E-state index contributed by atoms with van der Waals surface area (Å²) in [5.41, 5.74) is 6.92.